The second kappa shape index (κ2) is 24.7. The van der Waals surface area contributed by atoms with Crippen molar-refractivity contribution in [3.8, 4) is 5.75 Å². The van der Waals surface area contributed by atoms with Gasteiger partial charge in [-0.2, -0.15) is 0 Å². The lowest BCUT2D eigenvalue weighted by Gasteiger charge is -2.41. The summed E-state index contributed by atoms with van der Waals surface area (Å²) in [6, 6.07) is 4.20. The molecule has 0 spiro atoms. The number of aromatic hydroxyl groups is 1. The quantitative estimate of drug-likeness (QED) is 0.0906. The first-order valence-corrected chi connectivity index (χ1v) is 24.5. The molecule has 1 aromatic carbocycles. The van der Waals surface area contributed by atoms with Crippen molar-refractivity contribution in [2.24, 2.45) is 0 Å². The smallest absolute Gasteiger partial charge is 0.119 e. The first-order chi connectivity index (χ1) is 26.7. The van der Waals surface area contributed by atoms with E-state index in [2.05, 4.69) is 47.6 Å². The van der Waals surface area contributed by atoms with Crippen molar-refractivity contribution in [2.75, 3.05) is 0 Å². The minimum absolute atomic E-state index is 0.00560. The number of benzene rings is 1. The molecule has 3 aliphatic rings. The normalized spacial score (nSPS) is 21.3. The topological polar surface area (TPSA) is 47.9 Å². The minimum atomic E-state index is -0.00581. The van der Waals surface area contributed by atoms with Gasteiger partial charge in [-0.15, -0.1) is 0 Å². The number of phenols is 1. The Hall–Kier alpha value is -1.10. The zero-order chi connectivity index (χ0) is 39.4. The highest BCUT2D eigenvalue weighted by atomic mass is 16.5. The predicted octanol–water partition coefficient (Wildman–Crippen LogP) is 15.3. The van der Waals surface area contributed by atoms with Crippen LogP contribution in [0.25, 0.3) is 0 Å². The first-order valence-electron chi connectivity index (χ1n) is 24.5. The largest absolute Gasteiger partial charge is 0.508 e. The third-order valence-electron chi connectivity index (χ3n) is 14.1. The molecule has 4 nitrogen and oxygen atoms in total. The van der Waals surface area contributed by atoms with E-state index in [-0.39, 0.29) is 35.1 Å². The number of unbranched alkanes of at least 4 members (excludes halogenated alkanes) is 9. The summed E-state index contributed by atoms with van der Waals surface area (Å²) in [7, 11) is 0. The van der Waals surface area contributed by atoms with Gasteiger partial charge in [0.05, 0.1) is 35.1 Å². The number of rotatable bonds is 27. The SMILES string of the molecule is CCCCCCC1(OC(C)Cc2ccc(O)c(CC(C)OC3(CCCCCC)CCCCC3)c2CC(C)OC2(CCCCCC)CCCCC2)CCCCC1. The van der Waals surface area contributed by atoms with Crippen molar-refractivity contribution < 1.29 is 19.3 Å². The number of phenolic OH excluding ortho intramolecular Hbond substituents is 1. The lowest BCUT2D eigenvalue weighted by molar-refractivity contribution is -0.115. The van der Waals surface area contributed by atoms with Crippen molar-refractivity contribution in [2.45, 2.75) is 289 Å². The number of hydrogen-bond acceptors (Lipinski definition) is 4. The fraction of sp³-hybridized carbons (Fsp3) is 0.882. The van der Waals surface area contributed by atoms with Crippen LogP contribution >= 0.6 is 0 Å². The van der Waals surface area contributed by atoms with Crippen LogP contribution in [0.5, 0.6) is 5.75 Å². The van der Waals surface area contributed by atoms with E-state index in [9.17, 15) is 5.11 Å². The monoisotopic (exact) mass is 767 g/mol. The molecule has 3 fully saturated rings. The van der Waals surface area contributed by atoms with Gasteiger partial charge in [0.25, 0.3) is 0 Å². The van der Waals surface area contributed by atoms with Gasteiger partial charge in [-0.1, -0.05) is 162 Å². The molecular formula is C51H90O4. The average molecular weight is 767 g/mol. The Morgan fingerprint density at radius 2 is 0.800 bits per heavy atom. The van der Waals surface area contributed by atoms with Crippen LogP contribution in [0.1, 0.15) is 251 Å². The fourth-order valence-electron chi connectivity index (χ4n) is 11.2. The second-order valence-electron chi connectivity index (χ2n) is 19.3. The molecule has 0 heterocycles. The Labute approximate surface area is 341 Å². The van der Waals surface area contributed by atoms with Crippen LogP contribution in [0, 0.1) is 0 Å². The summed E-state index contributed by atoms with van der Waals surface area (Å²) >= 11 is 0. The molecule has 0 saturated heterocycles. The van der Waals surface area contributed by atoms with Gasteiger partial charge in [-0.05, 0) is 114 Å². The molecular weight excluding hydrogens is 677 g/mol. The highest BCUT2D eigenvalue weighted by molar-refractivity contribution is 5.45. The highest BCUT2D eigenvalue weighted by Crippen LogP contribution is 2.42. The van der Waals surface area contributed by atoms with Crippen LogP contribution in [0.2, 0.25) is 0 Å². The van der Waals surface area contributed by atoms with E-state index < -0.39 is 0 Å². The van der Waals surface area contributed by atoms with Crippen LogP contribution in [0.3, 0.4) is 0 Å². The standard InChI is InChI=1S/C51H90O4/c1-7-10-13-19-30-49(33-22-16-23-34-49)53-42(4)39-45-28-29-48(52)47(41-44(6)55-51(32-21-15-12-9-3)37-26-18-27-38-51)46(45)40-43(5)54-50(31-20-14-11-8-2)35-24-17-25-36-50/h28-29,42-44,52H,7-27,30-41H2,1-6H3. The van der Waals surface area contributed by atoms with Gasteiger partial charge < -0.3 is 19.3 Å². The Kier molecular flexibility index (Phi) is 21.0. The molecule has 1 aromatic rings. The Morgan fingerprint density at radius 3 is 1.16 bits per heavy atom. The van der Waals surface area contributed by atoms with Crippen LogP contribution in [-0.4, -0.2) is 40.2 Å². The van der Waals surface area contributed by atoms with Crippen LogP contribution in [0.4, 0.5) is 0 Å². The summed E-state index contributed by atoms with van der Waals surface area (Å²) in [5.74, 6) is 0.433. The second-order valence-corrected chi connectivity index (χ2v) is 19.3. The molecule has 1 N–H and O–H groups in total. The van der Waals surface area contributed by atoms with Gasteiger partial charge >= 0.3 is 0 Å². The van der Waals surface area contributed by atoms with Crippen molar-refractivity contribution in [3.05, 3.63) is 28.8 Å². The highest BCUT2D eigenvalue weighted by Gasteiger charge is 2.37. The summed E-state index contributed by atoms with van der Waals surface area (Å²) in [6.45, 7) is 13.8. The summed E-state index contributed by atoms with van der Waals surface area (Å²) in [4.78, 5) is 0. The molecule has 318 valence electrons. The van der Waals surface area contributed by atoms with E-state index in [1.807, 2.05) is 6.07 Å². The molecule has 0 aromatic heterocycles. The summed E-state index contributed by atoms with van der Waals surface area (Å²) in [5, 5.41) is 11.7. The van der Waals surface area contributed by atoms with E-state index in [0.29, 0.717) is 5.75 Å². The molecule has 4 heteroatoms. The summed E-state index contributed by atoms with van der Waals surface area (Å²) in [6.07, 6.45) is 40.7. The zero-order valence-electron chi connectivity index (χ0n) is 37.4. The van der Waals surface area contributed by atoms with Gasteiger partial charge in [0, 0.05) is 6.42 Å². The fourth-order valence-corrected chi connectivity index (χ4v) is 11.2. The Balaban J connectivity index is 1.58. The van der Waals surface area contributed by atoms with Gasteiger partial charge in [0.2, 0.25) is 0 Å². The minimum Gasteiger partial charge on any atom is -0.508 e. The van der Waals surface area contributed by atoms with E-state index in [0.717, 1.165) is 24.8 Å². The molecule has 0 amide bonds. The lowest BCUT2D eigenvalue weighted by Crippen LogP contribution is -2.40. The van der Waals surface area contributed by atoms with Crippen LogP contribution < -0.4 is 0 Å². The van der Waals surface area contributed by atoms with Crippen molar-refractivity contribution in [3.63, 3.8) is 0 Å². The maximum absolute atomic E-state index is 11.7. The molecule has 0 radical (unpaired) electrons. The van der Waals surface area contributed by atoms with Crippen molar-refractivity contribution in [1.29, 1.82) is 0 Å². The van der Waals surface area contributed by atoms with Gasteiger partial charge in [-0.25, -0.2) is 0 Å². The Morgan fingerprint density at radius 1 is 0.455 bits per heavy atom. The number of hydrogen-bond donors (Lipinski definition) is 1. The van der Waals surface area contributed by atoms with E-state index in [4.69, 9.17) is 14.2 Å². The predicted molar refractivity (Wildman–Crippen MR) is 235 cm³/mol. The molecule has 3 aliphatic carbocycles. The maximum atomic E-state index is 11.7. The molecule has 3 atom stereocenters. The maximum Gasteiger partial charge on any atom is 0.119 e. The zero-order valence-corrected chi connectivity index (χ0v) is 37.4. The molecule has 4 rings (SSSR count). The van der Waals surface area contributed by atoms with Crippen LogP contribution in [-0.2, 0) is 33.5 Å². The number of ether oxygens (including phenoxy) is 3. The molecule has 0 bridgehead atoms. The van der Waals surface area contributed by atoms with Crippen LogP contribution in [0.15, 0.2) is 12.1 Å². The van der Waals surface area contributed by atoms with Gasteiger partial charge in [-0.3, -0.25) is 0 Å². The van der Waals surface area contributed by atoms with Gasteiger partial charge in [0.1, 0.15) is 5.75 Å². The van der Waals surface area contributed by atoms with Gasteiger partial charge in [0.15, 0.2) is 0 Å². The third kappa shape index (κ3) is 15.5. The molecule has 3 saturated carbocycles. The third-order valence-corrected chi connectivity index (χ3v) is 14.1. The molecule has 0 aliphatic heterocycles. The summed E-state index contributed by atoms with van der Waals surface area (Å²) < 4.78 is 21.7. The van der Waals surface area contributed by atoms with Crippen molar-refractivity contribution in [1.82, 2.24) is 0 Å². The molecule has 55 heavy (non-hydrogen) atoms. The lowest BCUT2D eigenvalue weighted by atomic mass is 9.80. The average Bonchev–Trinajstić information content (AvgIpc) is 3.17. The van der Waals surface area contributed by atoms with E-state index >= 15 is 0 Å². The molecule has 3 unspecified atom stereocenters. The van der Waals surface area contributed by atoms with E-state index in [1.165, 1.54) is 204 Å². The Bertz CT molecular complexity index is 1160. The van der Waals surface area contributed by atoms with Crippen molar-refractivity contribution >= 4 is 0 Å². The summed E-state index contributed by atoms with van der Waals surface area (Å²) in [5.41, 5.74) is 3.77. The first kappa shape index (κ1) is 46.6. The van der Waals surface area contributed by atoms with E-state index in [1.54, 1.807) is 0 Å².